The van der Waals surface area contributed by atoms with E-state index in [1.165, 1.54) is 4.90 Å². The van der Waals surface area contributed by atoms with Crippen LogP contribution in [-0.2, 0) is 9.59 Å². The van der Waals surface area contributed by atoms with Gasteiger partial charge in [0.25, 0.3) is 0 Å². The standard InChI is InChI=1S/C7H13NO3.Na.H/c1-3-5-8(4-2)6(9)7(10)11;;/h3-5H2,1-2H3,(H,10,11);;/q;+1;-1. The molecule has 1 N–H and O–H groups in total. The van der Waals surface area contributed by atoms with Crippen LogP contribution in [0, 0.1) is 0 Å². The van der Waals surface area contributed by atoms with Crippen molar-refractivity contribution in [3.63, 3.8) is 0 Å². The van der Waals surface area contributed by atoms with Gasteiger partial charge in [0.1, 0.15) is 0 Å². The molecule has 0 unspecified atom stereocenters. The summed E-state index contributed by atoms with van der Waals surface area (Å²) < 4.78 is 0. The second-order valence-corrected chi connectivity index (χ2v) is 2.19. The van der Waals surface area contributed by atoms with Crippen LogP contribution in [0.3, 0.4) is 0 Å². The number of amides is 1. The van der Waals surface area contributed by atoms with Crippen LogP contribution in [0.25, 0.3) is 0 Å². The first kappa shape index (κ1) is 14.5. The van der Waals surface area contributed by atoms with Gasteiger partial charge in [0.05, 0.1) is 0 Å². The van der Waals surface area contributed by atoms with Gasteiger partial charge in [-0.1, -0.05) is 6.92 Å². The minimum absolute atomic E-state index is 0. The van der Waals surface area contributed by atoms with Crippen molar-refractivity contribution in [3.05, 3.63) is 0 Å². The first-order valence-electron chi connectivity index (χ1n) is 3.65. The molecule has 0 aromatic carbocycles. The van der Waals surface area contributed by atoms with Gasteiger partial charge in [0.15, 0.2) is 0 Å². The molecule has 0 saturated carbocycles. The van der Waals surface area contributed by atoms with Crippen LogP contribution in [0.2, 0.25) is 0 Å². The Bertz CT molecular complexity index is 166. The predicted octanol–water partition coefficient (Wildman–Crippen LogP) is -2.55. The molecule has 0 aliphatic rings. The van der Waals surface area contributed by atoms with Gasteiger partial charge in [-0.3, -0.25) is 4.79 Å². The van der Waals surface area contributed by atoms with Crippen molar-refractivity contribution in [1.29, 1.82) is 0 Å². The molecule has 0 atom stereocenters. The molecule has 0 radical (unpaired) electrons. The Morgan fingerprint density at radius 3 is 2.17 bits per heavy atom. The minimum atomic E-state index is -1.37. The summed E-state index contributed by atoms with van der Waals surface area (Å²) >= 11 is 0. The minimum Gasteiger partial charge on any atom is -1.00 e. The molecule has 12 heavy (non-hydrogen) atoms. The van der Waals surface area contributed by atoms with Crippen LogP contribution in [0.1, 0.15) is 21.7 Å². The van der Waals surface area contributed by atoms with Gasteiger partial charge in [0, 0.05) is 13.1 Å². The van der Waals surface area contributed by atoms with Gasteiger partial charge in [-0.15, -0.1) is 0 Å². The molecule has 4 nitrogen and oxygen atoms in total. The molecular formula is C7H14NNaO3. The van der Waals surface area contributed by atoms with Crippen LogP contribution in [-0.4, -0.2) is 35.0 Å². The number of carbonyl (C=O) groups excluding carboxylic acids is 1. The summed E-state index contributed by atoms with van der Waals surface area (Å²) in [6, 6.07) is 0. The van der Waals surface area contributed by atoms with E-state index in [4.69, 9.17) is 5.11 Å². The van der Waals surface area contributed by atoms with Crippen LogP contribution >= 0.6 is 0 Å². The summed E-state index contributed by atoms with van der Waals surface area (Å²) in [5, 5.41) is 8.32. The molecule has 0 saturated heterocycles. The van der Waals surface area contributed by atoms with Gasteiger partial charge < -0.3 is 11.4 Å². The smallest absolute Gasteiger partial charge is 1.00 e. The van der Waals surface area contributed by atoms with Crippen molar-refractivity contribution in [2.45, 2.75) is 20.3 Å². The van der Waals surface area contributed by atoms with Crippen molar-refractivity contribution in [2.75, 3.05) is 13.1 Å². The molecule has 0 aliphatic carbocycles. The molecule has 5 heteroatoms. The fourth-order valence-corrected chi connectivity index (χ4v) is 0.808. The Morgan fingerprint density at radius 1 is 1.42 bits per heavy atom. The number of nitrogens with zero attached hydrogens (tertiary/aromatic N) is 1. The number of rotatable bonds is 3. The molecule has 0 aromatic heterocycles. The largest absolute Gasteiger partial charge is 1.00 e. The van der Waals surface area contributed by atoms with Crippen LogP contribution in [0.5, 0.6) is 0 Å². The number of hydrogen-bond donors (Lipinski definition) is 1. The Hall–Kier alpha value is -0.0600. The molecular weight excluding hydrogens is 169 g/mol. The van der Waals surface area contributed by atoms with E-state index >= 15 is 0 Å². The van der Waals surface area contributed by atoms with Crippen molar-refractivity contribution < 1.29 is 45.7 Å². The average molecular weight is 183 g/mol. The number of carboxylic acid groups (broad SMARTS) is 1. The summed E-state index contributed by atoms with van der Waals surface area (Å²) in [5.74, 6) is -2.19. The quantitative estimate of drug-likeness (QED) is 0.387. The molecule has 0 spiro atoms. The first-order chi connectivity index (χ1) is 5.13. The molecule has 66 valence electrons. The van der Waals surface area contributed by atoms with Gasteiger partial charge in [-0.2, -0.15) is 0 Å². The topological polar surface area (TPSA) is 57.6 Å². The zero-order chi connectivity index (χ0) is 8.85. The van der Waals surface area contributed by atoms with Crippen LogP contribution in [0.15, 0.2) is 0 Å². The van der Waals surface area contributed by atoms with Gasteiger partial charge in [-0.05, 0) is 13.3 Å². The molecule has 0 bridgehead atoms. The number of aliphatic carboxylic acids is 1. The summed E-state index contributed by atoms with van der Waals surface area (Å²) in [5.41, 5.74) is 0. The zero-order valence-corrected chi connectivity index (χ0v) is 9.83. The van der Waals surface area contributed by atoms with E-state index in [0.29, 0.717) is 13.1 Å². The maximum atomic E-state index is 10.8. The van der Waals surface area contributed by atoms with Crippen LogP contribution < -0.4 is 29.6 Å². The number of carbonyl (C=O) groups is 2. The van der Waals surface area contributed by atoms with Gasteiger partial charge in [-0.25, -0.2) is 4.79 Å². The molecule has 0 fully saturated rings. The van der Waals surface area contributed by atoms with Gasteiger partial charge in [0.2, 0.25) is 0 Å². The number of hydrogen-bond acceptors (Lipinski definition) is 2. The molecule has 0 rings (SSSR count). The van der Waals surface area contributed by atoms with E-state index in [1.54, 1.807) is 6.92 Å². The van der Waals surface area contributed by atoms with E-state index in [2.05, 4.69) is 0 Å². The Morgan fingerprint density at radius 2 is 1.92 bits per heavy atom. The average Bonchev–Trinajstić information content (AvgIpc) is 1.98. The monoisotopic (exact) mass is 183 g/mol. The maximum Gasteiger partial charge on any atom is 1.00 e. The number of carboxylic acids is 1. The van der Waals surface area contributed by atoms with E-state index in [0.717, 1.165) is 6.42 Å². The number of likely N-dealkylation sites (N-methyl/N-ethyl adjacent to an activating group) is 1. The van der Waals surface area contributed by atoms with Crippen molar-refractivity contribution in [3.8, 4) is 0 Å². The van der Waals surface area contributed by atoms with Gasteiger partial charge >= 0.3 is 41.4 Å². The fraction of sp³-hybridized carbons (Fsp3) is 0.714. The first-order valence-corrected chi connectivity index (χ1v) is 3.65. The summed E-state index contributed by atoms with van der Waals surface area (Å²) in [6.45, 7) is 4.63. The van der Waals surface area contributed by atoms with Crippen molar-refractivity contribution >= 4 is 11.9 Å². The van der Waals surface area contributed by atoms with Crippen molar-refractivity contribution in [2.24, 2.45) is 0 Å². The zero-order valence-electron chi connectivity index (χ0n) is 8.83. The van der Waals surface area contributed by atoms with E-state index in [1.807, 2.05) is 6.92 Å². The SMILES string of the molecule is CCCN(CC)C(=O)C(=O)O.[H-].[Na+]. The Labute approximate surface area is 95.7 Å². The predicted molar refractivity (Wildman–Crippen MR) is 41.3 cm³/mol. The third-order valence-electron chi connectivity index (χ3n) is 1.35. The molecule has 1 amide bonds. The summed E-state index contributed by atoms with van der Waals surface area (Å²) in [7, 11) is 0. The third kappa shape index (κ3) is 4.74. The normalized spacial score (nSPS) is 8.50. The molecule has 0 aliphatic heterocycles. The maximum absolute atomic E-state index is 10.8. The van der Waals surface area contributed by atoms with Crippen molar-refractivity contribution in [1.82, 2.24) is 4.90 Å². The van der Waals surface area contributed by atoms with E-state index in [-0.39, 0.29) is 31.0 Å². The third-order valence-corrected chi connectivity index (χ3v) is 1.35. The molecule has 0 heterocycles. The van der Waals surface area contributed by atoms with Crippen LogP contribution in [0.4, 0.5) is 0 Å². The second kappa shape index (κ2) is 7.58. The van der Waals surface area contributed by atoms with E-state index < -0.39 is 11.9 Å². The Balaban J connectivity index is -0.000000500. The summed E-state index contributed by atoms with van der Waals surface area (Å²) in [4.78, 5) is 22.3. The second-order valence-electron chi connectivity index (χ2n) is 2.19. The summed E-state index contributed by atoms with van der Waals surface area (Å²) in [6.07, 6.45) is 0.785. The van der Waals surface area contributed by atoms with E-state index in [9.17, 15) is 9.59 Å². The Kier molecular flexibility index (Phi) is 9.14. The molecule has 0 aromatic rings. The fourth-order valence-electron chi connectivity index (χ4n) is 0.808.